The number of Topliss-reactive ketones (excluding diaryl/α,β-unsaturated/α-hetero) is 1. The Morgan fingerprint density at radius 1 is 1.29 bits per heavy atom. The highest BCUT2D eigenvalue weighted by Crippen LogP contribution is 2.86. The van der Waals surface area contributed by atoms with Crippen molar-refractivity contribution in [2.45, 2.75) is 51.9 Å². The van der Waals surface area contributed by atoms with Crippen LogP contribution in [0.3, 0.4) is 0 Å². The first kappa shape index (κ1) is 7.90. The largest absolute Gasteiger partial charge is 0.299 e. The fourth-order valence-corrected chi connectivity index (χ4v) is 5.74. The van der Waals surface area contributed by atoms with Crippen molar-refractivity contribution in [2.75, 3.05) is 0 Å². The topological polar surface area (TPSA) is 17.1 Å². The third-order valence-corrected chi connectivity index (χ3v) is 6.43. The molecule has 5 aliphatic carbocycles. The van der Waals surface area contributed by atoms with Crippen LogP contribution < -0.4 is 0 Å². The van der Waals surface area contributed by atoms with Gasteiger partial charge in [0.1, 0.15) is 5.78 Å². The second kappa shape index (κ2) is 1.83. The molecule has 5 aliphatic rings. The number of fused-ring (bicyclic) bond motifs is 1. The molecule has 5 fully saturated rings. The van der Waals surface area contributed by atoms with Crippen molar-refractivity contribution in [3.63, 3.8) is 0 Å². The molecule has 0 aliphatic heterocycles. The molecule has 0 aromatic carbocycles. The summed E-state index contributed by atoms with van der Waals surface area (Å²) in [4.78, 5) is 12.0. The molecular formula is C13H18O. The van der Waals surface area contributed by atoms with Gasteiger partial charge in [-0.1, -0.05) is 19.8 Å². The molecule has 0 amide bonds. The summed E-state index contributed by atoms with van der Waals surface area (Å²) in [6.45, 7) is 2.24. The van der Waals surface area contributed by atoms with Gasteiger partial charge in [0.25, 0.3) is 0 Å². The number of carbonyl (C=O) groups is 1. The van der Waals surface area contributed by atoms with Gasteiger partial charge in [-0.25, -0.2) is 0 Å². The molecule has 76 valence electrons. The third kappa shape index (κ3) is 0.498. The van der Waals surface area contributed by atoms with Crippen LogP contribution in [0, 0.1) is 22.2 Å². The molecule has 0 aromatic heterocycles. The second-order valence-electron chi connectivity index (χ2n) is 6.59. The highest BCUT2D eigenvalue weighted by atomic mass is 16.1. The first-order valence-corrected chi connectivity index (χ1v) is 6.16. The van der Waals surface area contributed by atoms with Gasteiger partial charge in [0.15, 0.2) is 0 Å². The van der Waals surface area contributed by atoms with E-state index in [1.165, 1.54) is 38.5 Å². The van der Waals surface area contributed by atoms with Gasteiger partial charge in [0.05, 0.1) is 0 Å². The van der Waals surface area contributed by atoms with E-state index in [-0.39, 0.29) is 5.41 Å². The molecule has 14 heavy (non-hydrogen) atoms. The van der Waals surface area contributed by atoms with E-state index >= 15 is 0 Å². The van der Waals surface area contributed by atoms with Gasteiger partial charge in [0, 0.05) is 11.8 Å². The Kier molecular flexibility index (Phi) is 1.03. The van der Waals surface area contributed by atoms with Crippen LogP contribution in [-0.2, 0) is 4.79 Å². The first-order chi connectivity index (χ1) is 6.63. The lowest BCUT2D eigenvalue weighted by Crippen LogP contribution is -2.79. The Bertz CT molecular complexity index is 347. The number of ketones is 1. The van der Waals surface area contributed by atoms with Gasteiger partial charge < -0.3 is 0 Å². The van der Waals surface area contributed by atoms with Crippen molar-refractivity contribution in [3.8, 4) is 0 Å². The van der Waals surface area contributed by atoms with E-state index in [1.807, 2.05) is 0 Å². The summed E-state index contributed by atoms with van der Waals surface area (Å²) in [6, 6.07) is 0. The van der Waals surface area contributed by atoms with Crippen LogP contribution in [-0.4, -0.2) is 5.78 Å². The molecule has 0 N–H and O–H groups in total. The monoisotopic (exact) mass is 190 g/mol. The van der Waals surface area contributed by atoms with Gasteiger partial charge >= 0.3 is 0 Å². The van der Waals surface area contributed by atoms with Gasteiger partial charge in [-0.15, -0.1) is 0 Å². The van der Waals surface area contributed by atoms with E-state index in [4.69, 9.17) is 0 Å². The number of hydrogen-bond donors (Lipinski definition) is 0. The lowest BCUT2D eigenvalue weighted by Gasteiger charge is -2.83. The molecule has 0 radical (unpaired) electrons. The first-order valence-electron chi connectivity index (χ1n) is 6.16. The van der Waals surface area contributed by atoms with Crippen LogP contribution in [0.25, 0.3) is 0 Å². The Hall–Kier alpha value is -0.330. The minimum Gasteiger partial charge on any atom is -0.299 e. The maximum Gasteiger partial charge on any atom is 0.139 e. The second-order valence-corrected chi connectivity index (χ2v) is 6.59. The zero-order chi connectivity index (χ0) is 9.60. The predicted molar refractivity (Wildman–Crippen MR) is 53.8 cm³/mol. The molecule has 0 aromatic rings. The normalized spacial score (nSPS) is 63.8. The summed E-state index contributed by atoms with van der Waals surface area (Å²) in [5.74, 6) is 1.41. The van der Waals surface area contributed by atoms with Crippen LogP contribution in [0.1, 0.15) is 51.9 Å². The summed E-state index contributed by atoms with van der Waals surface area (Å²) < 4.78 is 0. The molecule has 5 rings (SSSR count). The maximum atomic E-state index is 12.0. The molecule has 4 atom stereocenters. The average molecular weight is 190 g/mol. The maximum absolute atomic E-state index is 12.0. The fraction of sp³-hybridized carbons (Fsp3) is 0.923. The molecule has 1 nitrogen and oxygen atoms in total. The highest BCUT2D eigenvalue weighted by molar-refractivity contribution is 5.90. The van der Waals surface area contributed by atoms with Gasteiger partial charge in [-0.3, -0.25) is 4.79 Å². The summed E-state index contributed by atoms with van der Waals surface area (Å²) in [6.07, 6.45) is 9.23. The molecule has 5 saturated carbocycles. The van der Waals surface area contributed by atoms with Crippen molar-refractivity contribution in [1.82, 2.24) is 0 Å². The molecule has 1 heteroatoms. The highest BCUT2D eigenvalue weighted by Gasteiger charge is 2.82. The van der Waals surface area contributed by atoms with Crippen LogP contribution in [0.15, 0.2) is 0 Å². The summed E-state index contributed by atoms with van der Waals surface area (Å²) in [5.41, 5.74) is 1.33. The third-order valence-electron chi connectivity index (χ3n) is 6.43. The summed E-state index contributed by atoms with van der Waals surface area (Å²) >= 11 is 0. The van der Waals surface area contributed by atoms with Crippen LogP contribution in [0.4, 0.5) is 0 Å². The number of rotatable bonds is 0. The van der Waals surface area contributed by atoms with E-state index in [1.54, 1.807) is 0 Å². The van der Waals surface area contributed by atoms with Gasteiger partial charge in [0.2, 0.25) is 0 Å². The molecular weight excluding hydrogens is 172 g/mol. The number of hydrogen-bond acceptors (Lipinski definition) is 1. The smallest absolute Gasteiger partial charge is 0.139 e. The zero-order valence-corrected chi connectivity index (χ0v) is 8.94. The minimum absolute atomic E-state index is 0.138. The summed E-state index contributed by atoms with van der Waals surface area (Å²) in [7, 11) is 0. The molecule has 0 saturated heterocycles. The Labute approximate surface area is 85.3 Å². The van der Waals surface area contributed by atoms with E-state index in [0.29, 0.717) is 16.6 Å². The quantitative estimate of drug-likeness (QED) is 0.574. The molecule has 0 heterocycles. The Morgan fingerprint density at radius 3 is 2.86 bits per heavy atom. The Balaban J connectivity index is 1.83. The van der Waals surface area contributed by atoms with E-state index in [0.717, 1.165) is 12.3 Å². The predicted octanol–water partition coefficient (Wildman–Crippen LogP) is 2.94. The fourth-order valence-electron chi connectivity index (χ4n) is 5.74. The molecule has 0 unspecified atom stereocenters. The SMILES string of the molecule is C[C@@]12C[C@@]34CCCC[C@]3(CC1=O)C[C@H]42. The molecule has 2 spiro atoms. The van der Waals surface area contributed by atoms with Crippen LogP contribution in [0.5, 0.6) is 0 Å². The lowest BCUT2D eigenvalue weighted by atomic mass is 9.20. The van der Waals surface area contributed by atoms with E-state index in [9.17, 15) is 4.79 Å². The van der Waals surface area contributed by atoms with Crippen molar-refractivity contribution in [3.05, 3.63) is 0 Å². The number of carbonyl (C=O) groups excluding carboxylic acids is 1. The van der Waals surface area contributed by atoms with E-state index in [2.05, 4.69) is 6.92 Å². The van der Waals surface area contributed by atoms with Gasteiger partial charge in [-0.2, -0.15) is 0 Å². The Morgan fingerprint density at radius 2 is 2.07 bits per heavy atom. The lowest BCUT2D eigenvalue weighted by molar-refractivity contribution is -0.327. The van der Waals surface area contributed by atoms with E-state index < -0.39 is 0 Å². The van der Waals surface area contributed by atoms with Crippen LogP contribution >= 0.6 is 0 Å². The van der Waals surface area contributed by atoms with Crippen LogP contribution in [0.2, 0.25) is 0 Å². The standard InChI is InChI=1S/C13H18O/c1-11-8-13-5-3-2-4-12(13,6-9(11)13)7-10(11)14/h9H,2-8H2,1H3/t9-,11-,12+,13+/m0/s1. The van der Waals surface area contributed by atoms with Crippen molar-refractivity contribution in [2.24, 2.45) is 22.2 Å². The van der Waals surface area contributed by atoms with Crippen molar-refractivity contribution < 1.29 is 4.79 Å². The zero-order valence-electron chi connectivity index (χ0n) is 8.94. The van der Waals surface area contributed by atoms with Crippen molar-refractivity contribution >= 4 is 5.78 Å². The van der Waals surface area contributed by atoms with Gasteiger partial charge in [-0.05, 0) is 42.4 Å². The molecule has 4 bridgehead atoms. The minimum atomic E-state index is 0.138. The summed E-state index contributed by atoms with van der Waals surface area (Å²) in [5, 5.41) is 0. The van der Waals surface area contributed by atoms with Crippen molar-refractivity contribution in [1.29, 1.82) is 0 Å². The average Bonchev–Trinajstić information content (AvgIpc) is 2.15.